The van der Waals surface area contributed by atoms with E-state index in [2.05, 4.69) is 5.32 Å². The van der Waals surface area contributed by atoms with E-state index in [9.17, 15) is 14.3 Å². The van der Waals surface area contributed by atoms with Crippen molar-refractivity contribution in [3.63, 3.8) is 0 Å². The molecule has 2 rings (SSSR count). The summed E-state index contributed by atoms with van der Waals surface area (Å²) in [7, 11) is 0. The third kappa shape index (κ3) is 4.64. The molecule has 0 aliphatic rings. The van der Waals surface area contributed by atoms with Gasteiger partial charge in [0.05, 0.1) is 15.1 Å². The molecule has 8 heteroatoms. The van der Waals surface area contributed by atoms with Crippen LogP contribution in [-0.2, 0) is 11.3 Å². The Labute approximate surface area is 146 Å². The van der Waals surface area contributed by atoms with Gasteiger partial charge in [-0.2, -0.15) is 0 Å². The van der Waals surface area contributed by atoms with Gasteiger partial charge in [-0.05, 0) is 30.3 Å². The van der Waals surface area contributed by atoms with Crippen LogP contribution in [0.1, 0.15) is 5.56 Å². The first-order valence-corrected chi connectivity index (χ1v) is 7.52. The first-order chi connectivity index (χ1) is 10.9. The number of phenolic OH excluding ortho intramolecular Hbond substituents is 1. The van der Waals surface area contributed by atoms with Gasteiger partial charge >= 0.3 is 0 Å². The molecule has 2 aromatic carbocycles. The van der Waals surface area contributed by atoms with Crippen LogP contribution in [0.15, 0.2) is 30.3 Å². The van der Waals surface area contributed by atoms with E-state index in [1.54, 1.807) is 0 Å². The fourth-order valence-corrected chi connectivity index (χ4v) is 2.43. The van der Waals surface area contributed by atoms with E-state index in [0.717, 1.165) is 0 Å². The van der Waals surface area contributed by atoms with Crippen LogP contribution < -0.4 is 10.1 Å². The number of nitrogens with one attached hydrogen (secondary N) is 1. The van der Waals surface area contributed by atoms with E-state index in [4.69, 9.17) is 39.5 Å². The maximum Gasteiger partial charge on any atom is 0.258 e. The van der Waals surface area contributed by atoms with E-state index >= 15 is 0 Å². The Bertz CT molecular complexity index is 697. The standard InChI is InChI=1S/C15H11Cl3FNO3/c16-11-5-12(17)15(22)10(14(11)18)6-20-13(21)7-23-9-3-1-8(19)2-4-9/h1-5,22H,6-7H2,(H,20,21). The van der Waals surface area contributed by atoms with E-state index in [0.29, 0.717) is 5.75 Å². The van der Waals surface area contributed by atoms with Crippen LogP contribution in [0, 0.1) is 5.82 Å². The molecule has 0 aliphatic carbocycles. The highest BCUT2D eigenvalue weighted by Gasteiger charge is 2.15. The lowest BCUT2D eigenvalue weighted by molar-refractivity contribution is -0.123. The molecular weight excluding hydrogens is 368 g/mol. The van der Waals surface area contributed by atoms with E-state index < -0.39 is 11.7 Å². The third-order valence-electron chi connectivity index (χ3n) is 2.89. The minimum absolute atomic E-state index is 0.0335. The molecule has 0 unspecified atom stereocenters. The highest BCUT2D eigenvalue weighted by Crippen LogP contribution is 2.38. The number of halogens is 4. The summed E-state index contributed by atoms with van der Waals surface area (Å²) in [4.78, 5) is 11.7. The molecule has 2 N–H and O–H groups in total. The highest BCUT2D eigenvalue weighted by molar-refractivity contribution is 6.44. The molecule has 0 atom stereocenters. The van der Waals surface area contributed by atoms with E-state index in [1.807, 2.05) is 0 Å². The van der Waals surface area contributed by atoms with Gasteiger partial charge in [0, 0.05) is 12.1 Å². The Hall–Kier alpha value is -1.69. The quantitative estimate of drug-likeness (QED) is 0.767. The van der Waals surface area contributed by atoms with Crippen molar-refractivity contribution in [2.75, 3.05) is 6.61 Å². The van der Waals surface area contributed by atoms with Crippen LogP contribution in [-0.4, -0.2) is 17.6 Å². The van der Waals surface area contributed by atoms with Crippen molar-refractivity contribution in [3.05, 3.63) is 56.8 Å². The molecule has 0 aliphatic heterocycles. The maximum atomic E-state index is 12.7. The number of hydrogen-bond acceptors (Lipinski definition) is 3. The first-order valence-electron chi connectivity index (χ1n) is 6.39. The highest BCUT2D eigenvalue weighted by atomic mass is 35.5. The van der Waals surface area contributed by atoms with E-state index in [-0.39, 0.29) is 39.5 Å². The molecule has 0 saturated carbocycles. The predicted octanol–water partition coefficient (Wildman–Crippen LogP) is 4.19. The Morgan fingerprint density at radius 2 is 1.83 bits per heavy atom. The molecule has 0 aromatic heterocycles. The molecule has 0 radical (unpaired) electrons. The number of rotatable bonds is 5. The summed E-state index contributed by atoms with van der Waals surface area (Å²) < 4.78 is 17.9. The number of phenols is 1. The zero-order chi connectivity index (χ0) is 17.0. The number of hydrogen-bond donors (Lipinski definition) is 2. The molecule has 122 valence electrons. The number of ether oxygens (including phenoxy) is 1. The first kappa shape index (κ1) is 17.7. The minimum Gasteiger partial charge on any atom is -0.506 e. The fraction of sp³-hybridized carbons (Fsp3) is 0.133. The van der Waals surface area contributed by atoms with Crippen molar-refractivity contribution in [3.8, 4) is 11.5 Å². The smallest absolute Gasteiger partial charge is 0.258 e. The molecule has 4 nitrogen and oxygen atoms in total. The second kappa shape index (κ2) is 7.73. The summed E-state index contributed by atoms with van der Waals surface area (Å²) in [5.74, 6) is -0.750. The fourth-order valence-electron chi connectivity index (χ4n) is 1.71. The Morgan fingerprint density at radius 1 is 1.17 bits per heavy atom. The SMILES string of the molecule is O=C(COc1ccc(F)cc1)NCc1c(O)c(Cl)cc(Cl)c1Cl. The van der Waals surface area contributed by atoms with Crippen LogP contribution in [0.3, 0.4) is 0 Å². The molecule has 0 spiro atoms. The summed E-state index contributed by atoms with van der Waals surface area (Å²) in [5.41, 5.74) is 0.208. The molecule has 23 heavy (non-hydrogen) atoms. The van der Waals surface area contributed by atoms with Gasteiger partial charge in [0.1, 0.15) is 17.3 Å². The lowest BCUT2D eigenvalue weighted by Crippen LogP contribution is -2.28. The summed E-state index contributed by atoms with van der Waals surface area (Å²) in [5, 5.41) is 12.7. The summed E-state index contributed by atoms with van der Waals surface area (Å²) in [6.45, 7) is -0.352. The summed E-state index contributed by atoms with van der Waals surface area (Å²) in [6, 6.07) is 6.56. The maximum absolute atomic E-state index is 12.7. The van der Waals surface area contributed by atoms with Crippen molar-refractivity contribution < 1.29 is 19.0 Å². The molecule has 0 saturated heterocycles. The van der Waals surface area contributed by atoms with Crippen molar-refractivity contribution in [2.45, 2.75) is 6.54 Å². The predicted molar refractivity (Wildman–Crippen MR) is 86.9 cm³/mol. The number of amides is 1. The van der Waals surface area contributed by atoms with Gasteiger partial charge in [-0.25, -0.2) is 4.39 Å². The van der Waals surface area contributed by atoms with Crippen molar-refractivity contribution >= 4 is 40.7 Å². The molecule has 2 aromatic rings. The topological polar surface area (TPSA) is 58.6 Å². The second-order valence-corrected chi connectivity index (χ2v) is 5.69. The molecule has 0 bridgehead atoms. The van der Waals surface area contributed by atoms with Crippen LogP contribution in [0.2, 0.25) is 15.1 Å². The van der Waals surface area contributed by atoms with Crippen LogP contribution >= 0.6 is 34.8 Å². The average molecular weight is 379 g/mol. The Kier molecular flexibility index (Phi) is 5.93. The number of carbonyl (C=O) groups excluding carboxylic acids is 1. The van der Waals surface area contributed by atoms with E-state index in [1.165, 1.54) is 30.3 Å². The second-order valence-electron chi connectivity index (χ2n) is 4.50. The number of benzene rings is 2. The zero-order valence-corrected chi connectivity index (χ0v) is 13.8. The third-order valence-corrected chi connectivity index (χ3v) is 4.00. The zero-order valence-electron chi connectivity index (χ0n) is 11.6. The monoisotopic (exact) mass is 377 g/mol. The molecular formula is C15H11Cl3FNO3. The molecule has 0 fully saturated rings. The van der Waals surface area contributed by atoms with Gasteiger partial charge in [0.25, 0.3) is 5.91 Å². The number of aromatic hydroxyl groups is 1. The van der Waals surface area contributed by atoms with Crippen molar-refractivity contribution in [1.29, 1.82) is 0 Å². The summed E-state index contributed by atoms with van der Waals surface area (Å²) in [6.07, 6.45) is 0. The average Bonchev–Trinajstić information content (AvgIpc) is 2.52. The van der Waals surface area contributed by atoms with Crippen LogP contribution in [0.25, 0.3) is 0 Å². The normalized spacial score (nSPS) is 10.4. The largest absolute Gasteiger partial charge is 0.506 e. The number of carbonyl (C=O) groups is 1. The van der Waals surface area contributed by atoms with Gasteiger partial charge < -0.3 is 15.2 Å². The summed E-state index contributed by atoms with van der Waals surface area (Å²) >= 11 is 17.6. The molecule has 1 amide bonds. The minimum atomic E-state index is -0.458. The van der Waals surface area contributed by atoms with Crippen LogP contribution in [0.5, 0.6) is 11.5 Å². The van der Waals surface area contributed by atoms with Crippen molar-refractivity contribution in [1.82, 2.24) is 5.32 Å². The van der Waals surface area contributed by atoms with Gasteiger partial charge in [-0.15, -0.1) is 0 Å². The Balaban J connectivity index is 1.93. The van der Waals surface area contributed by atoms with Gasteiger partial charge in [-0.1, -0.05) is 34.8 Å². The van der Waals surface area contributed by atoms with Gasteiger partial charge in [0.2, 0.25) is 0 Å². The molecule has 0 heterocycles. The lowest BCUT2D eigenvalue weighted by Gasteiger charge is -2.12. The van der Waals surface area contributed by atoms with Gasteiger partial charge in [-0.3, -0.25) is 4.79 Å². The van der Waals surface area contributed by atoms with Crippen LogP contribution in [0.4, 0.5) is 4.39 Å². The lowest BCUT2D eigenvalue weighted by atomic mass is 10.2. The van der Waals surface area contributed by atoms with Gasteiger partial charge in [0.15, 0.2) is 6.61 Å². The van der Waals surface area contributed by atoms with Crippen molar-refractivity contribution in [2.24, 2.45) is 0 Å². The Morgan fingerprint density at radius 3 is 2.48 bits per heavy atom.